The minimum absolute atomic E-state index is 0.0303. The van der Waals surface area contributed by atoms with Crippen LogP contribution >= 0.6 is 11.3 Å². The van der Waals surface area contributed by atoms with Gasteiger partial charge < -0.3 is 49.3 Å². The third-order valence-electron chi connectivity index (χ3n) is 15.7. The van der Waals surface area contributed by atoms with Crippen LogP contribution in [0.25, 0.3) is 44.7 Å². The third-order valence-corrected chi connectivity index (χ3v) is 17.0. The zero-order valence-corrected chi connectivity index (χ0v) is 43.4. The minimum atomic E-state index is -0.740. The van der Waals surface area contributed by atoms with E-state index < -0.39 is 30.5 Å². The predicted molar refractivity (Wildman–Crippen MR) is 276 cm³/mol. The average Bonchev–Trinajstić information content (AvgIpc) is 4.23. The molecule has 0 radical (unpaired) electrons. The Labute approximate surface area is 428 Å². The van der Waals surface area contributed by atoms with E-state index in [4.69, 9.17) is 28.9 Å². The molecule has 0 spiro atoms. The molecule has 384 valence electrons. The smallest absolute Gasteiger partial charge is 0.407 e. The summed E-state index contributed by atoms with van der Waals surface area (Å²) in [7, 11) is 2.62. The van der Waals surface area contributed by atoms with Gasteiger partial charge in [-0.3, -0.25) is 14.2 Å². The molecular formula is C55H65N9O8S. The number of rotatable bonds is 11. The van der Waals surface area contributed by atoms with Crippen LogP contribution in [-0.4, -0.2) is 110 Å². The Hall–Kier alpha value is -6.66. The number of carbonyl (C=O) groups excluding carboxylic acids is 4. The average molecular weight is 1010 g/mol. The molecule has 6 aromatic rings. The quantitative estimate of drug-likeness (QED) is 0.0970. The molecule has 73 heavy (non-hydrogen) atoms. The second kappa shape index (κ2) is 19.6. The molecule has 8 atom stereocenters. The number of nitrogens with zero attached hydrogens (tertiary/aromatic N) is 5. The maximum atomic E-state index is 14.5. The summed E-state index contributed by atoms with van der Waals surface area (Å²) >= 11 is 1.84. The van der Waals surface area contributed by atoms with Crippen molar-refractivity contribution in [3.8, 4) is 39.5 Å². The number of hydrogen-bond donors (Lipinski definition) is 4. The monoisotopic (exact) mass is 1010 g/mol. The number of aromatic nitrogens is 5. The van der Waals surface area contributed by atoms with E-state index in [1.54, 1.807) is 0 Å². The Bertz CT molecular complexity index is 3070. The molecule has 4 aromatic heterocycles. The minimum Gasteiger partial charge on any atom is -0.464 e. The first kappa shape index (κ1) is 48.6. The van der Waals surface area contributed by atoms with E-state index in [-0.39, 0.29) is 47.9 Å². The Kier molecular flexibility index (Phi) is 13.1. The van der Waals surface area contributed by atoms with Crippen molar-refractivity contribution < 1.29 is 38.1 Å². The lowest BCUT2D eigenvalue weighted by atomic mass is 9.85. The first-order valence-electron chi connectivity index (χ1n) is 25.9. The van der Waals surface area contributed by atoms with Crippen LogP contribution in [0, 0.1) is 18.8 Å². The second-order valence-corrected chi connectivity index (χ2v) is 22.1. The largest absolute Gasteiger partial charge is 0.464 e. The van der Waals surface area contributed by atoms with Crippen LogP contribution in [0.2, 0.25) is 0 Å². The standard InChI is InChI=1S/C55H65N9O8S/c1-28(2)47(60-54(67)69-6)51(65)62-17-9-12-40(62)50-57-27-38(59-50)34-19-29(3)46-42-23-35-22-32(15-16-39(35)64(42)53(72-43(46)24-34)45-25-33-11-8-14-44(33)73-45)37-26-56-49(58-37)41-13-10-18-63(41)52(66)48(61-55(68)70-7)36-20-30(4)71-31(5)21-36/h15-16,19,22-28,30-31,36,40-41,47-48,53H,8-14,17-18,20-21H2,1-7H3,(H,56,58)(H,57,59)(H,60,67)(H,61,68)/t30-,31+,36?,40-,41-,47-,48-,53?/m0/s1. The number of carbonyl (C=O) groups is 4. The van der Waals surface area contributed by atoms with Crippen molar-refractivity contribution in [3.05, 3.63) is 87.4 Å². The molecule has 11 rings (SSSR count). The van der Waals surface area contributed by atoms with E-state index in [9.17, 15) is 19.2 Å². The zero-order valence-electron chi connectivity index (χ0n) is 42.6. The van der Waals surface area contributed by atoms with Gasteiger partial charge in [0.15, 0.2) is 0 Å². The molecule has 8 heterocycles. The summed E-state index contributed by atoms with van der Waals surface area (Å²) in [6.07, 6.45) is 9.78. The number of nitrogens with one attached hydrogen (secondary N) is 4. The van der Waals surface area contributed by atoms with Crippen molar-refractivity contribution in [1.29, 1.82) is 0 Å². The fourth-order valence-electron chi connectivity index (χ4n) is 12.3. The lowest BCUT2D eigenvalue weighted by Gasteiger charge is -2.38. The molecule has 5 aliphatic rings. The first-order valence-corrected chi connectivity index (χ1v) is 26.7. The molecule has 3 saturated heterocycles. The second-order valence-electron chi connectivity index (χ2n) is 21.0. The molecule has 4 aliphatic heterocycles. The van der Waals surface area contributed by atoms with Crippen molar-refractivity contribution in [1.82, 2.24) is 44.9 Å². The molecule has 17 nitrogen and oxygen atoms in total. The zero-order chi connectivity index (χ0) is 50.8. The third kappa shape index (κ3) is 9.03. The molecular weight excluding hydrogens is 947 g/mol. The van der Waals surface area contributed by atoms with Crippen LogP contribution < -0.4 is 15.4 Å². The summed E-state index contributed by atoms with van der Waals surface area (Å²) in [5, 5.41) is 6.68. The normalized spacial score (nSPS) is 23.2. The summed E-state index contributed by atoms with van der Waals surface area (Å²) < 4.78 is 25.3. The van der Waals surface area contributed by atoms with Gasteiger partial charge in [0.2, 0.25) is 18.0 Å². The fourth-order valence-corrected chi connectivity index (χ4v) is 13.6. The van der Waals surface area contributed by atoms with Crippen molar-refractivity contribution in [3.63, 3.8) is 0 Å². The van der Waals surface area contributed by atoms with Crippen LogP contribution in [0.3, 0.4) is 0 Å². The molecule has 3 fully saturated rings. The molecule has 4 amide bonds. The number of H-pyrrole nitrogens is 2. The number of aromatic amines is 2. The highest BCUT2D eigenvalue weighted by Crippen LogP contribution is 2.50. The summed E-state index contributed by atoms with van der Waals surface area (Å²) in [6, 6.07) is 13.4. The van der Waals surface area contributed by atoms with Gasteiger partial charge in [0.1, 0.15) is 29.5 Å². The molecule has 1 aliphatic carbocycles. The lowest BCUT2D eigenvalue weighted by Crippen LogP contribution is -2.54. The number of amides is 4. The summed E-state index contributed by atoms with van der Waals surface area (Å²) in [5.41, 5.74) is 9.16. The van der Waals surface area contributed by atoms with E-state index >= 15 is 0 Å². The number of benzene rings is 2. The maximum absolute atomic E-state index is 14.5. The van der Waals surface area contributed by atoms with E-state index in [1.165, 1.54) is 31.1 Å². The number of imidazole rings is 2. The van der Waals surface area contributed by atoms with Gasteiger partial charge >= 0.3 is 12.2 Å². The molecule has 0 saturated carbocycles. The number of alkyl carbamates (subject to hydrolysis) is 2. The van der Waals surface area contributed by atoms with Gasteiger partial charge in [-0.1, -0.05) is 19.9 Å². The van der Waals surface area contributed by atoms with E-state index in [0.29, 0.717) is 37.6 Å². The summed E-state index contributed by atoms with van der Waals surface area (Å²) in [6.45, 7) is 11.1. The molecule has 4 N–H and O–H groups in total. The van der Waals surface area contributed by atoms with E-state index in [1.807, 2.05) is 61.2 Å². The number of fused-ring (bicyclic) bond motifs is 6. The number of hydrogen-bond acceptors (Lipinski definition) is 11. The summed E-state index contributed by atoms with van der Waals surface area (Å²) in [4.78, 5) is 76.4. The van der Waals surface area contributed by atoms with Gasteiger partial charge in [0.25, 0.3) is 0 Å². The number of methoxy groups -OCH3 is 2. The Morgan fingerprint density at radius 2 is 1.45 bits per heavy atom. The van der Waals surface area contributed by atoms with Crippen LogP contribution in [0.1, 0.15) is 123 Å². The van der Waals surface area contributed by atoms with Gasteiger partial charge in [-0.25, -0.2) is 19.6 Å². The Balaban J connectivity index is 0.895. The first-order chi connectivity index (χ1) is 35.3. The molecule has 0 bridgehead atoms. The van der Waals surface area contributed by atoms with Gasteiger partial charge in [-0.2, -0.15) is 0 Å². The van der Waals surface area contributed by atoms with Crippen molar-refractivity contribution in [2.45, 2.75) is 135 Å². The number of aryl methyl sites for hydroxylation is 3. The van der Waals surface area contributed by atoms with Crippen LogP contribution in [0.4, 0.5) is 9.59 Å². The lowest BCUT2D eigenvalue weighted by molar-refractivity contribution is -0.138. The highest BCUT2D eigenvalue weighted by atomic mass is 32.1. The van der Waals surface area contributed by atoms with Crippen LogP contribution in [-0.2, 0) is 36.6 Å². The number of ether oxygens (including phenoxy) is 4. The van der Waals surface area contributed by atoms with Crippen molar-refractivity contribution in [2.24, 2.45) is 11.8 Å². The topological polar surface area (TPSA) is 198 Å². The molecule has 2 aromatic carbocycles. The van der Waals surface area contributed by atoms with Gasteiger partial charge in [0.05, 0.1) is 78.4 Å². The number of likely N-dealkylation sites (tertiary alicyclic amines) is 2. The van der Waals surface area contributed by atoms with Crippen LogP contribution in [0.15, 0.2) is 54.9 Å². The predicted octanol–water partition coefficient (Wildman–Crippen LogP) is 9.52. The van der Waals surface area contributed by atoms with Gasteiger partial charge in [0, 0.05) is 40.0 Å². The highest BCUT2D eigenvalue weighted by molar-refractivity contribution is 7.12. The Morgan fingerprint density at radius 1 is 0.795 bits per heavy atom. The van der Waals surface area contributed by atoms with E-state index in [0.717, 1.165) is 99.4 Å². The fraction of sp³-hybridized carbons (Fsp3) is 0.491. The van der Waals surface area contributed by atoms with Crippen LogP contribution in [0.5, 0.6) is 5.75 Å². The molecule has 18 heteroatoms. The number of thiophene rings is 1. The van der Waals surface area contributed by atoms with Crippen molar-refractivity contribution >= 4 is 46.2 Å². The SMILES string of the molecule is COC(=O)N[C@H](C(=O)N1CCC[C@H]1c1ncc(-c2cc(C)c3c(c2)OC(c2cc4c(s2)CCC4)n2c-3cc3cc(-c4cnc([C@@H]5CCCN5C(=O)[C@@H](NC(=O)OC)C5C[C@@H](C)O[C@@H](C)C5)[nH]4)ccc32)[nH]1)C(C)C. The van der Waals surface area contributed by atoms with E-state index in [2.05, 4.69) is 74.6 Å². The van der Waals surface area contributed by atoms with Crippen molar-refractivity contribution in [2.75, 3.05) is 27.3 Å². The Morgan fingerprint density at radius 3 is 2.11 bits per heavy atom. The highest BCUT2D eigenvalue weighted by Gasteiger charge is 2.43. The van der Waals surface area contributed by atoms with Gasteiger partial charge in [-0.15, -0.1) is 11.3 Å². The molecule has 2 unspecified atom stereocenters. The summed E-state index contributed by atoms with van der Waals surface area (Å²) in [5.74, 6) is 1.70. The maximum Gasteiger partial charge on any atom is 0.407 e. The van der Waals surface area contributed by atoms with Gasteiger partial charge in [-0.05, 0) is 138 Å².